The molecule has 0 unspecified atom stereocenters. The molecule has 3 heteroatoms. The van der Waals surface area contributed by atoms with Crippen molar-refractivity contribution in [3.8, 4) is 22.6 Å². The lowest BCUT2D eigenvalue weighted by atomic mass is 9.87. The van der Waals surface area contributed by atoms with Gasteiger partial charge in [-0.25, -0.2) is 0 Å². The monoisotopic (exact) mass is 331 g/mol. The highest BCUT2D eigenvalue weighted by Crippen LogP contribution is 2.47. The number of anilines is 1. The first kappa shape index (κ1) is 14.6. The third-order valence-corrected chi connectivity index (χ3v) is 5.69. The molecule has 0 N–H and O–H groups in total. The molecule has 2 aliphatic rings. The summed E-state index contributed by atoms with van der Waals surface area (Å²) in [4.78, 5) is 2.48. The number of benzene rings is 3. The van der Waals surface area contributed by atoms with E-state index in [1.54, 1.807) is 0 Å². The average molecular weight is 331 g/mol. The molecule has 0 saturated heterocycles. The van der Waals surface area contributed by atoms with Crippen LogP contribution in [0.1, 0.15) is 23.6 Å². The first-order valence-corrected chi connectivity index (χ1v) is 8.88. The highest BCUT2D eigenvalue weighted by molar-refractivity contribution is 6.05. The van der Waals surface area contributed by atoms with Crippen molar-refractivity contribution in [2.75, 3.05) is 18.2 Å². The maximum Gasteiger partial charge on any atom is 0.231 e. The summed E-state index contributed by atoms with van der Waals surface area (Å²) in [6.07, 6.45) is 0. The molecule has 0 radical (unpaired) electrons. The number of nitrogens with zero attached hydrogens (tertiary/aromatic N) is 1. The maximum absolute atomic E-state index is 5.63. The molecule has 5 rings (SSSR count). The summed E-state index contributed by atoms with van der Waals surface area (Å²) in [5.41, 5.74) is 8.22. The molecule has 0 bridgehead atoms. The molecule has 126 valence electrons. The summed E-state index contributed by atoms with van der Waals surface area (Å²) in [6, 6.07) is 13.2. The fourth-order valence-electron chi connectivity index (χ4n) is 4.13. The van der Waals surface area contributed by atoms with Crippen LogP contribution in [0, 0.1) is 13.8 Å². The molecule has 3 nitrogen and oxygen atoms in total. The van der Waals surface area contributed by atoms with Crippen molar-refractivity contribution >= 4 is 16.5 Å². The summed E-state index contributed by atoms with van der Waals surface area (Å²) in [7, 11) is 0. The molecule has 25 heavy (non-hydrogen) atoms. The van der Waals surface area contributed by atoms with E-state index in [4.69, 9.17) is 9.47 Å². The quantitative estimate of drug-likeness (QED) is 0.612. The van der Waals surface area contributed by atoms with E-state index in [0.29, 0.717) is 6.79 Å². The van der Waals surface area contributed by atoms with Gasteiger partial charge in [0.15, 0.2) is 11.5 Å². The van der Waals surface area contributed by atoms with Crippen LogP contribution in [-0.4, -0.2) is 13.3 Å². The van der Waals surface area contributed by atoms with Gasteiger partial charge in [0.25, 0.3) is 0 Å². The Morgan fingerprint density at radius 3 is 2.52 bits per heavy atom. The molecule has 0 saturated carbocycles. The number of hydrogen-bond acceptors (Lipinski definition) is 3. The Kier molecular flexibility index (Phi) is 3.02. The van der Waals surface area contributed by atoms with Gasteiger partial charge in [-0.2, -0.15) is 0 Å². The van der Waals surface area contributed by atoms with Crippen LogP contribution in [0.5, 0.6) is 11.5 Å². The molecular formula is C22H21NO2. The number of ether oxygens (including phenoxy) is 2. The van der Waals surface area contributed by atoms with Gasteiger partial charge in [-0.1, -0.05) is 24.3 Å². The van der Waals surface area contributed by atoms with Crippen molar-refractivity contribution in [2.45, 2.75) is 27.3 Å². The molecule has 0 aromatic heterocycles. The lowest BCUT2D eigenvalue weighted by molar-refractivity contribution is 0.174. The van der Waals surface area contributed by atoms with Crippen molar-refractivity contribution in [1.82, 2.24) is 0 Å². The third-order valence-electron chi connectivity index (χ3n) is 5.69. The van der Waals surface area contributed by atoms with Gasteiger partial charge in [0.05, 0.1) is 5.69 Å². The molecule has 2 aliphatic heterocycles. The SMILES string of the molecule is CCN1Cc2c(ccc(C)c2C)-c2ccc3cc4c(cc3c21)OCO4. The number of rotatable bonds is 1. The Morgan fingerprint density at radius 1 is 0.960 bits per heavy atom. The molecule has 0 fully saturated rings. The van der Waals surface area contributed by atoms with Gasteiger partial charge in [-0.05, 0) is 60.5 Å². The highest BCUT2D eigenvalue weighted by atomic mass is 16.7. The molecule has 0 atom stereocenters. The Hall–Kier alpha value is -2.68. The van der Waals surface area contributed by atoms with Crippen molar-refractivity contribution in [3.05, 3.63) is 53.1 Å². The topological polar surface area (TPSA) is 21.7 Å². The van der Waals surface area contributed by atoms with Crippen molar-refractivity contribution in [1.29, 1.82) is 0 Å². The van der Waals surface area contributed by atoms with Crippen molar-refractivity contribution < 1.29 is 9.47 Å². The van der Waals surface area contributed by atoms with E-state index in [9.17, 15) is 0 Å². The zero-order valence-electron chi connectivity index (χ0n) is 14.8. The minimum Gasteiger partial charge on any atom is -0.454 e. The maximum atomic E-state index is 5.63. The minimum absolute atomic E-state index is 0.312. The molecule has 0 aliphatic carbocycles. The smallest absolute Gasteiger partial charge is 0.231 e. The highest BCUT2D eigenvalue weighted by Gasteiger charge is 2.26. The zero-order chi connectivity index (χ0) is 17.1. The molecule has 2 heterocycles. The van der Waals surface area contributed by atoms with Crippen molar-refractivity contribution in [3.63, 3.8) is 0 Å². The van der Waals surface area contributed by atoms with Gasteiger partial charge in [0, 0.05) is 24.0 Å². The van der Waals surface area contributed by atoms with Crippen molar-refractivity contribution in [2.24, 2.45) is 0 Å². The van der Waals surface area contributed by atoms with Gasteiger partial charge < -0.3 is 14.4 Å². The van der Waals surface area contributed by atoms with E-state index in [-0.39, 0.29) is 0 Å². The van der Waals surface area contributed by atoms with Crippen LogP contribution in [0.2, 0.25) is 0 Å². The second-order valence-electron chi connectivity index (χ2n) is 6.94. The van der Waals surface area contributed by atoms with Gasteiger partial charge in [0.2, 0.25) is 6.79 Å². The van der Waals surface area contributed by atoms with E-state index in [0.717, 1.165) is 24.6 Å². The molecule has 3 aromatic rings. The predicted molar refractivity (Wildman–Crippen MR) is 102 cm³/mol. The van der Waals surface area contributed by atoms with Crippen LogP contribution in [0.4, 0.5) is 5.69 Å². The summed E-state index contributed by atoms with van der Waals surface area (Å²) in [5, 5.41) is 2.45. The van der Waals surface area contributed by atoms with Crippen LogP contribution in [0.3, 0.4) is 0 Å². The van der Waals surface area contributed by atoms with E-state index >= 15 is 0 Å². The molecular weight excluding hydrogens is 310 g/mol. The first-order chi connectivity index (χ1) is 12.2. The standard InChI is InChI=1S/C22H21NO2/c1-4-23-11-19-14(3)13(2)5-7-16(19)17-8-6-15-9-20-21(25-12-24-20)10-18(15)22(17)23/h5-10H,4,11-12H2,1-3H3. The summed E-state index contributed by atoms with van der Waals surface area (Å²) >= 11 is 0. The summed E-state index contributed by atoms with van der Waals surface area (Å²) in [5.74, 6) is 1.70. The Labute approximate surface area is 147 Å². The lowest BCUT2D eigenvalue weighted by Gasteiger charge is -2.34. The van der Waals surface area contributed by atoms with Crippen LogP contribution in [-0.2, 0) is 6.54 Å². The normalized spacial score (nSPS) is 14.6. The Balaban J connectivity index is 1.84. The average Bonchev–Trinajstić information content (AvgIpc) is 3.09. The summed E-state index contributed by atoms with van der Waals surface area (Å²) in [6.45, 7) is 8.92. The Morgan fingerprint density at radius 2 is 1.72 bits per heavy atom. The fraction of sp³-hybridized carbons (Fsp3) is 0.273. The number of fused-ring (bicyclic) bond motifs is 6. The zero-order valence-corrected chi connectivity index (χ0v) is 14.8. The predicted octanol–water partition coefficient (Wildman–Crippen LogP) is 5.19. The lowest BCUT2D eigenvalue weighted by Crippen LogP contribution is -2.27. The van der Waals surface area contributed by atoms with Crippen LogP contribution in [0.15, 0.2) is 36.4 Å². The van der Waals surface area contributed by atoms with E-state index in [1.807, 2.05) is 0 Å². The second-order valence-corrected chi connectivity index (χ2v) is 6.94. The van der Waals surface area contributed by atoms with Gasteiger partial charge in [-0.3, -0.25) is 0 Å². The first-order valence-electron chi connectivity index (χ1n) is 8.88. The van der Waals surface area contributed by atoms with Gasteiger partial charge in [0.1, 0.15) is 0 Å². The minimum atomic E-state index is 0.312. The van der Waals surface area contributed by atoms with Gasteiger partial charge in [-0.15, -0.1) is 0 Å². The third kappa shape index (κ3) is 1.98. The largest absolute Gasteiger partial charge is 0.454 e. The van der Waals surface area contributed by atoms with Crippen LogP contribution >= 0.6 is 0 Å². The van der Waals surface area contributed by atoms with Crippen LogP contribution in [0.25, 0.3) is 21.9 Å². The molecule has 0 amide bonds. The van der Waals surface area contributed by atoms with E-state index in [1.165, 1.54) is 44.3 Å². The second kappa shape index (κ2) is 5.16. The van der Waals surface area contributed by atoms with Crippen LogP contribution < -0.4 is 14.4 Å². The molecule has 0 spiro atoms. The number of aryl methyl sites for hydroxylation is 1. The Bertz CT molecular complexity index is 1020. The molecule has 3 aromatic carbocycles. The summed E-state index contributed by atoms with van der Waals surface area (Å²) < 4.78 is 11.2. The van der Waals surface area contributed by atoms with E-state index in [2.05, 4.69) is 62.1 Å². The van der Waals surface area contributed by atoms with Gasteiger partial charge >= 0.3 is 0 Å². The number of hydrogen-bond donors (Lipinski definition) is 0. The van der Waals surface area contributed by atoms with E-state index < -0.39 is 0 Å². The fourth-order valence-corrected chi connectivity index (χ4v) is 4.13.